The molecule has 0 heterocycles. The van der Waals surface area contributed by atoms with E-state index in [1.807, 2.05) is 30.3 Å². The number of carbonyl (C=O) groups excluding carboxylic acids is 1. The van der Waals surface area contributed by atoms with Crippen molar-refractivity contribution >= 4 is 52.6 Å². The highest BCUT2D eigenvalue weighted by atomic mass is 35.5. The van der Waals surface area contributed by atoms with Crippen LogP contribution in [0.25, 0.3) is 0 Å². The van der Waals surface area contributed by atoms with Crippen molar-refractivity contribution < 1.29 is 14.3 Å². The summed E-state index contributed by atoms with van der Waals surface area (Å²) < 4.78 is 11.2. The molecule has 0 atom stereocenters. The Morgan fingerprint density at radius 1 is 1.03 bits per heavy atom. The zero-order valence-electron chi connectivity index (χ0n) is 17.1. The van der Waals surface area contributed by atoms with Crippen molar-refractivity contribution in [2.75, 3.05) is 19.0 Å². The van der Waals surface area contributed by atoms with Crippen molar-refractivity contribution in [3.05, 3.63) is 86.9 Å². The average molecular weight is 493 g/mol. The molecule has 0 saturated carbocycles. The van der Waals surface area contributed by atoms with E-state index in [4.69, 9.17) is 44.3 Å². The van der Waals surface area contributed by atoms with Crippen LogP contribution in [0.4, 0.5) is 5.69 Å². The Hall–Kier alpha value is -2.93. The number of nitrogens with zero attached hydrogens (tertiary/aromatic N) is 1. The molecular formula is C23H20Cl3N3O3. The van der Waals surface area contributed by atoms with Gasteiger partial charge in [0.2, 0.25) is 0 Å². The Bertz CT molecular complexity index is 1110. The Kier molecular flexibility index (Phi) is 8.62. The van der Waals surface area contributed by atoms with Gasteiger partial charge in [0.15, 0.2) is 11.5 Å². The van der Waals surface area contributed by atoms with Crippen LogP contribution in [0.1, 0.15) is 11.1 Å². The van der Waals surface area contributed by atoms with Gasteiger partial charge in [0.25, 0.3) is 5.91 Å². The summed E-state index contributed by atoms with van der Waals surface area (Å²) in [5.41, 5.74) is 4.68. The van der Waals surface area contributed by atoms with Gasteiger partial charge in [-0.15, -0.1) is 0 Å². The van der Waals surface area contributed by atoms with E-state index >= 15 is 0 Å². The number of carbonyl (C=O) groups is 1. The summed E-state index contributed by atoms with van der Waals surface area (Å²) in [4.78, 5) is 11.9. The van der Waals surface area contributed by atoms with E-state index in [1.165, 1.54) is 13.3 Å². The standard InChI is InChI=1S/C23H20Cl3N3O3/c1-31-21-10-15(12-28-29-22(30)13-27-18-5-3-2-4-6-18)9-20(26)23(21)32-14-16-7-8-17(24)11-19(16)25/h2-12,27H,13-14H2,1H3,(H,29,30)/b28-12-. The lowest BCUT2D eigenvalue weighted by Gasteiger charge is -2.14. The van der Waals surface area contributed by atoms with Crippen molar-refractivity contribution in [2.24, 2.45) is 5.10 Å². The molecule has 0 unspecified atom stereocenters. The van der Waals surface area contributed by atoms with Gasteiger partial charge in [-0.2, -0.15) is 5.10 Å². The summed E-state index contributed by atoms with van der Waals surface area (Å²) in [5, 5.41) is 8.33. The van der Waals surface area contributed by atoms with E-state index in [9.17, 15) is 4.79 Å². The van der Waals surface area contributed by atoms with Gasteiger partial charge in [-0.1, -0.05) is 59.1 Å². The molecule has 166 valence electrons. The third-order valence-corrected chi connectivity index (χ3v) is 5.14. The minimum Gasteiger partial charge on any atom is -0.493 e. The molecule has 1 amide bonds. The predicted octanol–water partition coefficient (Wildman–Crippen LogP) is 5.80. The second kappa shape index (κ2) is 11.6. The van der Waals surface area contributed by atoms with Gasteiger partial charge < -0.3 is 14.8 Å². The van der Waals surface area contributed by atoms with Crippen molar-refractivity contribution in [1.82, 2.24) is 5.43 Å². The summed E-state index contributed by atoms with van der Waals surface area (Å²) in [5.74, 6) is 0.498. The second-order valence-electron chi connectivity index (χ2n) is 6.57. The van der Waals surface area contributed by atoms with Gasteiger partial charge in [-0.25, -0.2) is 5.43 Å². The number of amides is 1. The molecule has 0 spiro atoms. The first-order chi connectivity index (χ1) is 15.5. The van der Waals surface area contributed by atoms with E-state index < -0.39 is 0 Å². The largest absolute Gasteiger partial charge is 0.493 e. The molecule has 0 bridgehead atoms. The van der Waals surface area contributed by atoms with E-state index in [0.29, 0.717) is 32.1 Å². The number of methoxy groups -OCH3 is 1. The quantitative estimate of drug-likeness (QED) is 0.293. The Morgan fingerprint density at radius 3 is 2.53 bits per heavy atom. The van der Waals surface area contributed by atoms with Crippen molar-refractivity contribution in [3.8, 4) is 11.5 Å². The molecule has 6 nitrogen and oxygen atoms in total. The normalized spacial score (nSPS) is 10.8. The van der Waals surface area contributed by atoms with Crippen molar-refractivity contribution in [2.45, 2.75) is 6.61 Å². The lowest BCUT2D eigenvalue weighted by molar-refractivity contribution is -0.119. The molecule has 0 aromatic heterocycles. The molecular weight excluding hydrogens is 473 g/mol. The smallest absolute Gasteiger partial charge is 0.259 e. The fourth-order valence-electron chi connectivity index (χ4n) is 2.70. The van der Waals surface area contributed by atoms with E-state index in [0.717, 1.165) is 11.3 Å². The van der Waals surface area contributed by atoms with Crippen molar-refractivity contribution in [1.29, 1.82) is 0 Å². The zero-order chi connectivity index (χ0) is 22.9. The van der Waals surface area contributed by atoms with Crippen LogP contribution in [-0.2, 0) is 11.4 Å². The molecule has 3 aromatic rings. The number of halogens is 3. The van der Waals surface area contributed by atoms with Crippen LogP contribution in [0.2, 0.25) is 15.1 Å². The molecule has 0 aliphatic carbocycles. The maximum atomic E-state index is 11.9. The Balaban J connectivity index is 1.60. The minimum absolute atomic E-state index is 0.0888. The van der Waals surface area contributed by atoms with Crippen LogP contribution in [0, 0.1) is 0 Å². The van der Waals surface area contributed by atoms with Crippen LogP contribution >= 0.6 is 34.8 Å². The maximum absolute atomic E-state index is 11.9. The van der Waals surface area contributed by atoms with Gasteiger partial charge in [-0.3, -0.25) is 4.79 Å². The molecule has 9 heteroatoms. The molecule has 3 aromatic carbocycles. The van der Waals surface area contributed by atoms with Gasteiger partial charge in [0.05, 0.1) is 24.9 Å². The Labute approximate surface area is 201 Å². The van der Waals surface area contributed by atoms with Crippen LogP contribution in [0.15, 0.2) is 65.8 Å². The van der Waals surface area contributed by atoms with E-state index in [-0.39, 0.29) is 19.1 Å². The number of hydrogen-bond donors (Lipinski definition) is 2. The molecule has 0 radical (unpaired) electrons. The summed E-state index contributed by atoms with van der Waals surface area (Å²) >= 11 is 18.5. The number of hydrogen-bond acceptors (Lipinski definition) is 5. The number of rotatable bonds is 9. The van der Waals surface area contributed by atoms with E-state index in [1.54, 1.807) is 30.3 Å². The first-order valence-electron chi connectivity index (χ1n) is 9.51. The minimum atomic E-state index is -0.289. The molecule has 0 aliphatic rings. The van der Waals surface area contributed by atoms with Crippen LogP contribution < -0.4 is 20.2 Å². The number of nitrogens with one attached hydrogen (secondary N) is 2. The monoisotopic (exact) mass is 491 g/mol. The highest BCUT2D eigenvalue weighted by Gasteiger charge is 2.13. The zero-order valence-corrected chi connectivity index (χ0v) is 19.3. The van der Waals surface area contributed by atoms with Crippen LogP contribution in [0.5, 0.6) is 11.5 Å². The fourth-order valence-corrected chi connectivity index (χ4v) is 3.44. The van der Waals surface area contributed by atoms with Crippen LogP contribution in [-0.4, -0.2) is 25.8 Å². The number of anilines is 1. The first kappa shape index (κ1) is 23.7. The summed E-state index contributed by atoms with van der Waals surface area (Å²) in [6, 6.07) is 17.9. The van der Waals surface area contributed by atoms with Gasteiger partial charge in [0, 0.05) is 21.3 Å². The summed E-state index contributed by atoms with van der Waals surface area (Å²) in [6.07, 6.45) is 1.47. The third kappa shape index (κ3) is 6.79. The maximum Gasteiger partial charge on any atom is 0.259 e. The average Bonchev–Trinajstić information content (AvgIpc) is 2.78. The predicted molar refractivity (Wildman–Crippen MR) is 129 cm³/mol. The van der Waals surface area contributed by atoms with Crippen LogP contribution in [0.3, 0.4) is 0 Å². The molecule has 0 aliphatic heterocycles. The van der Waals surface area contributed by atoms with Gasteiger partial charge in [-0.05, 0) is 42.0 Å². The van der Waals surface area contributed by atoms with Gasteiger partial charge >= 0.3 is 0 Å². The lowest BCUT2D eigenvalue weighted by Crippen LogP contribution is -2.25. The Morgan fingerprint density at radius 2 is 1.81 bits per heavy atom. The molecule has 32 heavy (non-hydrogen) atoms. The molecule has 0 fully saturated rings. The number of para-hydroxylation sites is 1. The lowest BCUT2D eigenvalue weighted by atomic mass is 10.2. The third-order valence-electron chi connectivity index (χ3n) is 4.27. The number of benzene rings is 3. The highest BCUT2D eigenvalue weighted by molar-refractivity contribution is 6.35. The number of hydrazone groups is 1. The molecule has 2 N–H and O–H groups in total. The highest BCUT2D eigenvalue weighted by Crippen LogP contribution is 2.37. The summed E-state index contributed by atoms with van der Waals surface area (Å²) in [7, 11) is 1.51. The number of ether oxygens (including phenoxy) is 2. The molecule has 0 saturated heterocycles. The summed E-state index contributed by atoms with van der Waals surface area (Å²) in [6.45, 7) is 0.273. The SMILES string of the molecule is COc1cc(/C=N\NC(=O)CNc2ccccc2)cc(Cl)c1OCc1ccc(Cl)cc1Cl. The second-order valence-corrected chi connectivity index (χ2v) is 7.82. The fraction of sp³-hybridized carbons (Fsp3) is 0.130. The van der Waals surface area contributed by atoms with E-state index in [2.05, 4.69) is 15.8 Å². The molecule has 3 rings (SSSR count). The van der Waals surface area contributed by atoms with Gasteiger partial charge in [0.1, 0.15) is 6.61 Å². The first-order valence-corrected chi connectivity index (χ1v) is 10.6. The van der Waals surface area contributed by atoms with Crippen molar-refractivity contribution in [3.63, 3.8) is 0 Å². The topological polar surface area (TPSA) is 72.0 Å².